The van der Waals surface area contributed by atoms with Gasteiger partial charge >= 0.3 is 0 Å². The van der Waals surface area contributed by atoms with Gasteiger partial charge in [0.05, 0.1) is 0 Å². The highest BCUT2D eigenvalue weighted by Crippen LogP contribution is 2.36. The van der Waals surface area contributed by atoms with Crippen LogP contribution < -0.4 is 5.32 Å². The average molecular weight is 284 g/mol. The summed E-state index contributed by atoms with van der Waals surface area (Å²) in [5.41, 5.74) is 0. The highest BCUT2D eigenvalue weighted by Gasteiger charge is 2.47. The molecule has 2 aliphatic heterocycles. The minimum absolute atomic E-state index is 0.0791. The van der Waals surface area contributed by atoms with Crippen LogP contribution in [0.2, 0.25) is 0 Å². The van der Waals surface area contributed by atoms with Gasteiger partial charge in [-0.3, -0.25) is 0 Å². The molecular weight excluding hydrogens is 267 g/mol. The summed E-state index contributed by atoms with van der Waals surface area (Å²) in [6.45, 7) is 4.08. The molecule has 0 spiro atoms. The quantitative estimate of drug-likeness (QED) is 0.883. The van der Waals surface area contributed by atoms with Crippen molar-refractivity contribution in [1.29, 1.82) is 0 Å². The van der Waals surface area contributed by atoms with Crippen molar-refractivity contribution in [1.82, 2.24) is 9.62 Å². The Morgan fingerprint density at radius 2 is 2.05 bits per heavy atom. The van der Waals surface area contributed by atoms with E-state index in [0.717, 1.165) is 13.1 Å². The van der Waals surface area contributed by atoms with Crippen LogP contribution in [-0.2, 0) is 10.0 Å². The summed E-state index contributed by atoms with van der Waals surface area (Å²) >= 11 is 0. The van der Waals surface area contributed by atoms with Gasteiger partial charge in [0.2, 0.25) is 10.0 Å². The number of halogens is 1. The Hall–Kier alpha value is -0.980. The van der Waals surface area contributed by atoms with E-state index in [1.54, 1.807) is 6.07 Å². The van der Waals surface area contributed by atoms with E-state index in [1.807, 2.05) is 6.92 Å². The fraction of sp³-hybridized carbons (Fsp3) is 0.538. The first-order valence-corrected chi connectivity index (χ1v) is 7.93. The van der Waals surface area contributed by atoms with Crippen LogP contribution in [0, 0.1) is 17.7 Å². The fourth-order valence-electron chi connectivity index (χ4n) is 3.23. The van der Waals surface area contributed by atoms with Gasteiger partial charge in [0, 0.05) is 12.6 Å². The summed E-state index contributed by atoms with van der Waals surface area (Å²) in [4.78, 5) is -0.213. The molecular formula is C13H17FN2O2S. The zero-order valence-electron chi connectivity index (χ0n) is 10.7. The molecule has 0 radical (unpaired) electrons. The van der Waals surface area contributed by atoms with Gasteiger partial charge in [-0.15, -0.1) is 0 Å². The Labute approximate surface area is 112 Å². The van der Waals surface area contributed by atoms with Gasteiger partial charge in [0.1, 0.15) is 10.7 Å². The predicted molar refractivity (Wildman–Crippen MR) is 69.6 cm³/mol. The molecule has 3 unspecified atom stereocenters. The molecule has 0 aromatic heterocycles. The summed E-state index contributed by atoms with van der Waals surface area (Å²) < 4.78 is 40.3. The Balaban J connectivity index is 1.96. The van der Waals surface area contributed by atoms with Crippen LogP contribution in [0.4, 0.5) is 4.39 Å². The molecule has 3 atom stereocenters. The van der Waals surface area contributed by atoms with Gasteiger partial charge in [-0.2, -0.15) is 4.31 Å². The Morgan fingerprint density at radius 3 is 2.74 bits per heavy atom. The van der Waals surface area contributed by atoms with Gasteiger partial charge in [-0.1, -0.05) is 12.1 Å². The first kappa shape index (κ1) is 13.0. The van der Waals surface area contributed by atoms with Crippen LogP contribution in [0.5, 0.6) is 0 Å². The minimum Gasteiger partial charge on any atom is -0.316 e. The third kappa shape index (κ3) is 1.98. The number of rotatable bonds is 2. The van der Waals surface area contributed by atoms with Gasteiger partial charge in [-0.05, 0) is 44.0 Å². The van der Waals surface area contributed by atoms with Crippen LogP contribution in [0.1, 0.15) is 6.92 Å². The van der Waals surface area contributed by atoms with Gasteiger partial charge < -0.3 is 5.32 Å². The molecule has 19 heavy (non-hydrogen) atoms. The molecule has 2 fully saturated rings. The van der Waals surface area contributed by atoms with Crippen molar-refractivity contribution in [2.24, 2.45) is 11.8 Å². The van der Waals surface area contributed by atoms with E-state index >= 15 is 0 Å². The van der Waals surface area contributed by atoms with Crippen molar-refractivity contribution in [3.63, 3.8) is 0 Å². The third-order valence-corrected chi connectivity index (χ3v) is 6.29. The average Bonchev–Trinajstić information content (AvgIpc) is 2.93. The summed E-state index contributed by atoms with van der Waals surface area (Å²) in [5, 5.41) is 3.28. The van der Waals surface area contributed by atoms with Gasteiger partial charge in [0.15, 0.2) is 0 Å². The van der Waals surface area contributed by atoms with Crippen molar-refractivity contribution in [2.75, 3.05) is 19.6 Å². The third-order valence-electron chi connectivity index (χ3n) is 4.30. The molecule has 0 aliphatic carbocycles. The second-order valence-electron chi connectivity index (χ2n) is 5.33. The monoisotopic (exact) mass is 284 g/mol. The van der Waals surface area contributed by atoms with Crippen molar-refractivity contribution in [3.8, 4) is 0 Å². The molecule has 2 aliphatic rings. The van der Waals surface area contributed by atoms with E-state index in [0.29, 0.717) is 18.4 Å². The minimum atomic E-state index is -3.73. The predicted octanol–water partition coefficient (Wildman–Crippen LogP) is 1.05. The number of benzene rings is 1. The van der Waals surface area contributed by atoms with Crippen molar-refractivity contribution in [2.45, 2.75) is 17.9 Å². The van der Waals surface area contributed by atoms with E-state index in [-0.39, 0.29) is 10.9 Å². The molecule has 2 heterocycles. The highest BCUT2D eigenvalue weighted by atomic mass is 32.2. The second-order valence-corrected chi connectivity index (χ2v) is 7.19. The van der Waals surface area contributed by atoms with E-state index in [2.05, 4.69) is 5.32 Å². The van der Waals surface area contributed by atoms with E-state index in [1.165, 1.54) is 22.5 Å². The second kappa shape index (κ2) is 4.54. The number of hydrogen-bond acceptors (Lipinski definition) is 3. The molecule has 2 saturated heterocycles. The topological polar surface area (TPSA) is 49.4 Å². The molecule has 1 aromatic carbocycles. The largest absolute Gasteiger partial charge is 0.316 e. The molecule has 1 N–H and O–H groups in total. The molecule has 0 bridgehead atoms. The Kier molecular flexibility index (Phi) is 3.11. The van der Waals surface area contributed by atoms with E-state index in [4.69, 9.17) is 0 Å². The van der Waals surface area contributed by atoms with Gasteiger partial charge in [-0.25, -0.2) is 12.8 Å². The first-order valence-electron chi connectivity index (χ1n) is 6.49. The number of hydrogen-bond donors (Lipinski definition) is 1. The molecule has 0 amide bonds. The standard InChI is InChI=1S/C13H17FN2O2S/c1-9-11-7-15-6-10(11)8-16(9)19(17,18)13-5-3-2-4-12(13)14/h2-5,9-11,15H,6-8H2,1H3. The van der Waals surface area contributed by atoms with E-state index in [9.17, 15) is 12.8 Å². The molecule has 4 nitrogen and oxygen atoms in total. The Morgan fingerprint density at radius 1 is 1.32 bits per heavy atom. The zero-order valence-corrected chi connectivity index (χ0v) is 11.5. The lowest BCUT2D eigenvalue weighted by molar-refractivity contribution is 0.358. The molecule has 1 aromatic rings. The smallest absolute Gasteiger partial charge is 0.246 e. The van der Waals surface area contributed by atoms with Crippen molar-refractivity contribution < 1.29 is 12.8 Å². The molecule has 0 saturated carbocycles. The van der Waals surface area contributed by atoms with Crippen LogP contribution >= 0.6 is 0 Å². The Bertz CT molecular complexity index is 590. The fourth-order valence-corrected chi connectivity index (χ4v) is 5.03. The lowest BCUT2D eigenvalue weighted by atomic mass is 9.95. The summed E-state index contributed by atoms with van der Waals surface area (Å²) in [6.07, 6.45) is 0. The first-order chi connectivity index (χ1) is 9.01. The summed E-state index contributed by atoms with van der Waals surface area (Å²) in [5.74, 6) is 0.00276. The molecule has 104 valence electrons. The lowest BCUT2D eigenvalue weighted by Crippen LogP contribution is -2.38. The number of nitrogens with zero attached hydrogens (tertiary/aromatic N) is 1. The molecule has 3 rings (SSSR count). The van der Waals surface area contributed by atoms with Crippen LogP contribution in [0.3, 0.4) is 0 Å². The lowest BCUT2D eigenvalue weighted by Gasteiger charge is -2.24. The number of fused-ring (bicyclic) bond motifs is 1. The van der Waals surface area contributed by atoms with Gasteiger partial charge in [0.25, 0.3) is 0 Å². The zero-order chi connectivity index (χ0) is 13.6. The van der Waals surface area contributed by atoms with Crippen LogP contribution in [0.15, 0.2) is 29.2 Å². The number of nitrogens with one attached hydrogen (secondary N) is 1. The summed E-state index contributed by atoms with van der Waals surface area (Å²) in [7, 11) is -3.73. The maximum atomic E-state index is 13.7. The van der Waals surface area contributed by atoms with Crippen molar-refractivity contribution in [3.05, 3.63) is 30.1 Å². The summed E-state index contributed by atoms with van der Waals surface area (Å²) in [6, 6.07) is 5.50. The highest BCUT2D eigenvalue weighted by molar-refractivity contribution is 7.89. The van der Waals surface area contributed by atoms with Crippen LogP contribution in [-0.4, -0.2) is 38.4 Å². The van der Waals surface area contributed by atoms with Crippen molar-refractivity contribution >= 4 is 10.0 Å². The normalized spacial score (nSPS) is 31.6. The SMILES string of the molecule is CC1C2CNCC2CN1S(=O)(=O)c1ccccc1F. The van der Waals surface area contributed by atoms with Crippen LogP contribution in [0.25, 0.3) is 0 Å². The number of sulfonamides is 1. The maximum Gasteiger partial charge on any atom is 0.246 e. The maximum absolute atomic E-state index is 13.7. The van der Waals surface area contributed by atoms with E-state index < -0.39 is 15.8 Å². The molecule has 6 heteroatoms.